The van der Waals surface area contributed by atoms with Gasteiger partial charge in [-0.25, -0.2) is 4.39 Å². The fourth-order valence-electron chi connectivity index (χ4n) is 5.20. The molecule has 202 valence electrons. The third-order valence-corrected chi connectivity index (χ3v) is 7.17. The molecule has 1 heterocycles. The highest BCUT2D eigenvalue weighted by molar-refractivity contribution is 5.79. The Balaban J connectivity index is 2.00. The summed E-state index contributed by atoms with van der Waals surface area (Å²) in [7, 11) is 1.61. The molecule has 0 unspecified atom stereocenters. The van der Waals surface area contributed by atoms with E-state index in [2.05, 4.69) is 18.7 Å². The molecule has 6 nitrogen and oxygen atoms in total. The van der Waals surface area contributed by atoms with E-state index < -0.39 is 5.92 Å². The molecular formula is C30H41FN2O4. The van der Waals surface area contributed by atoms with E-state index in [0.717, 1.165) is 55.6 Å². The molecule has 0 aromatic heterocycles. The van der Waals surface area contributed by atoms with Crippen LogP contribution in [0, 0.1) is 11.7 Å². The van der Waals surface area contributed by atoms with Gasteiger partial charge in [-0.05, 0) is 55.2 Å². The van der Waals surface area contributed by atoms with Gasteiger partial charge >= 0.3 is 5.97 Å². The van der Waals surface area contributed by atoms with E-state index in [4.69, 9.17) is 9.47 Å². The first kappa shape index (κ1) is 28.6. The van der Waals surface area contributed by atoms with Crippen LogP contribution < -0.4 is 4.74 Å². The number of nitrogens with zero attached hydrogens (tertiary/aromatic N) is 2. The van der Waals surface area contributed by atoms with Crippen LogP contribution in [0.3, 0.4) is 0 Å². The van der Waals surface area contributed by atoms with Crippen LogP contribution in [0.4, 0.5) is 4.39 Å². The Labute approximate surface area is 220 Å². The molecule has 2 aromatic rings. The van der Waals surface area contributed by atoms with Crippen LogP contribution in [0.15, 0.2) is 48.5 Å². The van der Waals surface area contributed by atoms with E-state index in [1.807, 2.05) is 29.2 Å². The molecular weight excluding hydrogens is 471 g/mol. The van der Waals surface area contributed by atoms with Gasteiger partial charge in [0.25, 0.3) is 0 Å². The monoisotopic (exact) mass is 512 g/mol. The van der Waals surface area contributed by atoms with E-state index >= 15 is 0 Å². The molecule has 1 saturated heterocycles. The Morgan fingerprint density at radius 2 is 1.54 bits per heavy atom. The van der Waals surface area contributed by atoms with Gasteiger partial charge in [0.15, 0.2) is 0 Å². The van der Waals surface area contributed by atoms with Gasteiger partial charge in [0, 0.05) is 31.6 Å². The average Bonchev–Trinajstić information content (AvgIpc) is 3.28. The van der Waals surface area contributed by atoms with Gasteiger partial charge in [-0.1, -0.05) is 51.0 Å². The Morgan fingerprint density at radius 1 is 0.946 bits per heavy atom. The first-order valence-electron chi connectivity index (χ1n) is 13.5. The molecule has 0 bridgehead atoms. The van der Waals surface area contributed by atoms with Gasteiger partial charge in [-0.2, -0.15) is 0 Å². The number of hydrogen-bond acceptors (Lipinski definition) is 5. The molecule has 37 heavy (non-hydrogen) atoms. The summed E-state index contributed by atoms with van der Waals surface area (Å²) in [5.41, 5.74) is 1.78. The third-order valence-electron chi connectivity index (χ3n) is 7.17. The van der Waals surface area contributed by atoms with Crippen molar-refractivity contribution in [3.05, 3.63) is 65.5 Å². The lowest BCUT2D eigenvalue weighted by molar-refractivity contribution is -0.150. The van der Waals surface area contributed by atoms with Crippen molar-refractivity contribution >= 4 is 11.9 Å². The Hall–Kier alpha value is -2.93. The zero-order valence-electron chi connectivity index (χ0n) is 22.6. The summed E-state index contributed by atoms with van der Waals surface area (Å²) < 4.78 is 24.6. The predicted molar refractivity (Wildman–Crippen MR) is 143 cm³/mol. The lowest BCUT2D eigenvalue weighted by Crippen LogP contribution is -2.42. The standard InChI is InChI=1S/C30H41FN2O4/c1-5-8-18-32(19-9-6-2)27(34)21-33-20-26(22-10-14-24(31)15-11-22)28(30(35)37-7-3)29(33)23-12-16-25(36-4)17-13-23/h10-17,26,28-29H,5-9,18-21H2,1-4H3/t26-,28-,29+/m1/s1. The van der Waals surface area contributed by atoms with E-state index in [1.54, 1.807) is 26.2 Å². The van der Waals surface area contributed by atoms with Gasteiger partial charge in [0.05, 0.1) is 26.2 Å². The first-order chi connectivity index (χ1) is 17.9. The summed E-state index contributed by atoms with van der Waals surface area (Å²) in [6.07, 6.45) is 3.96. The molecule has 1 amide bonds. The third kappa shape index (κ3) is 7.31. The van der Waals surface area contributed by atoms with Crippen molar-refractivity contribution in [1.29, 1.82) is 0 Å². The largest absolute Gasteiger partial charge is 0.497 e. The smallest absolute Gasteiger partial charge is 0.311 e. The van der Waals surface area contributed by atoms with Crippen LogP contribution in [-0.4, -0.2) is 61.6 Å². The van der Waals surface area contributed by atoms with Crippen molar-refractivity contribution < 1.29 is 23.5 Å². The van der Waals surface area contributed by atoms with Gasteiger partial charge in [-0.15, -0.1) is 0 Å². The number of likely N-dealkylation sites (tertiary alicyclic amines) is 1. The molecule has 7 heteroatoms. The van der Waals surface area contributed by atoms with Gasteiger partial charge in [-0.3, -0.25) is 14.5 Å². The number of hydrogen-bond donors (Lipinski definition) is 0. The Morgan fingerprint density at radius 3 is 2.08 bits per heavy atom. The number of unbranched alkanes of at least 4 members (excludes halogenated alkanes) is 2. The van der Waals surface area contributed by atoms with Crippen molar-refractivity contribution in [2.24, 2.45) is 5.92 Å². The second-order valence-corrected chi connectivity index (χ2v) is 9.67. The average molecular weight is 513 g/mol. The van der Waals surface area contributed by atoms with E-state index in [9.17, 15) is 14.0 Å². The number of benzene rings is 2. The van der Waals surface area contributed by atoms with Crippen LogP contribution in [0.5, 0.6) is 5.75 Å². The maximum atomic E-state index is 13.7. The summed E-state index contributed by atoms with van der Waals surface area (Å²) >= 11 is 0. The van der Waals surface area contributed by atoms with E-state index in [0.29, 0.717) is 6.54 Å². The number of carbonyl (C=O) groups is 2. The molecule has 1 aliphatic rings. The summed E-state index contributed by atoms with van der Waals surface area (Å²) in [5, 5.41) is 0. The number of esters is 1. The van der Waals surface area contributed by atoms with Gasteiger partial charge in [0.1, 0.15) is 11.6 Å². The van der Waals surface area contributed by atoms with Crippen LogP contribution in [0.25, 0.3) is 0 Å². The maximum Gasteiger partial charge on any atom is 0.311 e. The minimum Gasteiger partial charge on any atom is -0.497 e. The lowest BCUT2D eigenvalue weighted by atomic mass is 9.83. The van der Waals surface area contributed by atoms with Crippen molar-refractivity contribution in [3.8, 4) is 5.75 Å². The van der Waals surface area contributed by atoms with Crippen molar-refractivity contribution in [2.45, 2.75) is 58.4 Å². The summed E-state index contributed by atoms with van der Waals surface area (Å²) in [6, 6.07) is 13.6. The summed E-state index contributed by atoms with van der Waals surface area (Å²) in [5.74, 6) is -0.608. The van der Waals surface area contributed by atoms with Crippen LogP contribution in [0.1, 0.15) is 69.5 Å². The van der Waals surface area contributed by atoms with Crippen molar-refractivity contribution in [2.75, 3.05) is 39.9 Å². The molecule has 3 rings (SSSR count). The highest BCUT2D eigenvalue weighted by Crippen LogP contribution is 2.46. The lowest BCUT2D eigenvalue weighted by Gasteiger charge is -2.30. The zero-order chi connectivity index (χ0) is 26.8. The molecule has 0 saturated carbocycles. The normalized spacial score (nSPS) is 19.5. The molecule has 0 spiro atoms. The number of methoxy groups -OCH3 is 1. The minimum atomic E-state index is -0.536. The highest BCUT2D eigenvalue weighted by Gasteiger charge is 2.48. The minimum absolute atomic E-state index is 0.0720. The quantitative estimate of drug-likeness (QED) is 0.328. The summed E-state index contributed by atoms with van der Waals surface area (Å²) in [4.78, 5) is 31.0. The predicted octanol–water partition coefficient (Wildman–Crippen LogP) is 5.58. The van der Waals surface area contributed by atoms with E-state index in [1.165, 1.54) is 12.1 Å². The number of halogens is 1. The second kappa shape index (κ2) is 14.1. The number of rotatable bonds is 13. The topological polar surface area (TPSA) is 59.1 Å². The molecule has 0 N–H and O–H groups in total. The van der Waals surface area contributed by atoms with Gasteiger partial charge < -0.3 is 14.4 Å². The second-order valence-electron chi connectivity index (χ2n) is 9.67. The first-order valence-corrected chi connectivity index (χ1v) is 13.5. The van der Waals surface area contributed by atoms with E-state index in [-0.39, 0.29) is 42.8 Å². The Kier molecular flexibility index (Phi) is 10.9. The molecule has 0 aliphatic carbocycles. The molecule has 2 aromatic carbocycles. The molecule has 1 aliphatic heterocycles. The van der Waals surface area contributed by atoms with Crippen molar-refractivity contribution in [3.63, 3.8) is 0 Å². The Bertz CT molecular complexity index is 988. The fourth-order valence-corrected chi connectivity index (χ4v) is 5.20. The van der Waals surface area contributed by atoms with Crippen LogP contribution >= 0.6 is 0 Å². The number of amides is 1. The van der Waals surface area contributed by atoms with Crippen LogP contribution in [0.2, 0.25) is 0 Å². The molecule has 1 fully saturated rings. The number of carbonyl (C=O) groups excluding carboxylic acids is 2. The summed E-state index contributed by atoms with van der Waals surface area (Å²) in [6.45, 7) is 8.48. The zero-order valence-corrected chi connectivity index (χ0v) is 22.6. The van der Waals surface area contributed by atoms with Gasteiger partial charge in [0.2, 0.25) is 5.91 Å². The number of ether oxygens (including phenoxy) is 2. The fraction of sp³-hybridized carbons (Fsp3) is 0.533. The highest BCUT2D eigenvalue weighted by atomic mass is 19.1. The maximum absolute atomic E-state index is 13.7. The van der Waals surface area contributed by atoms with Crippen molar-refractivity contribution in [1.82, 2.24) is 9.80 Å². The molecule has 0 radical (unpaired) electrons. The molecule has 3 atom stereocenters. The van der Waals surface area contributed by atoms with Crippen LogP contribution in [-0.2, 0) is 14.3 Å². The SMILES string of the molecule is CCCCN(CCCC)C(=O)CN1C[C@H](c2ccc(F)cc2)[C@@H](C(=O)OCC)[C@@H]1c1ccc(OC)cc1.